The predicted octanol–water partition coefficient (Wildman–Crippen LogP) is 0.0566. The lowest BCUT2D eigenvalue weighted by Gasteiger charge is -2.20. The van der Waals surface area contributed by atoms with Crippen molar-refractivity contribution >= 4 is 12.0 Å². The molecule has 19 heavy (non-hydrogen) atoms. The standard InChI is InChI=1S/C11H17N5O3/c1-2-15-7-13-14-9(15)5-12-11(19)16(6-10(17)18)8-3-4-8/h7-8H,2-6H2,1H3,(H,12,19)(H,17,18). The predicted molar refractivity (Wildman–Crippen MR) is 65.3 cm³/mol. The molecule has 2 rings (SSSR count). The van der Waals surface area contributed by atoms with Gasteiger partial charge >= 0.3 is 12.0 Å². The van der Waals surface area contributed by atoms with Gasteiger partial charge in [-0.2, -0.15) is 0 Å². The number of carboxylic acid groups (broad SMARTS) is 1. The Balaban J connectivity index is 1.90. The van der Waals surface area contributed by atoms with E-state index in [-0.39, 0.29) is 25.2 Å². The Labute approximate surface area is 110 Å². The lowest BCUT2D eigenvalue weighted by molar-refractivity contribution is -0.137. The molecule has 8 nitrogen and oxygen atoms in total. The summed E-state index contributed by atoms with van der Waals surface area (Å²) in [5.41, 5.74) is 0. The molecule has 1 fully saturated rings. The number of rotatable bonds is 6. The fraction of sp³-hybridized carbons (Fsp3) is 0.636. The summed E-state index contributed by atoms with van der Waals surface area (Å²) < 4.78 is 1.82. The number of carbonyl (C=O) groups is 2. The maximum Gasteiger partial charge on any atom is 0.323 e. The smallest absolute Gasteiger partial charge is 0.323 e. The summed E-state index contributed by atoms with van der Waals surface area (Å²) >= 11 is 0. The van der Waals surface area contributed by atoms with E-state index in [1.807, 2.05) is 11.5 Å². The average molecular weight is 267 g/mol. The van der Waals surface area contributed by atoms with Gasteiger partial charge in [0.15, 0.2) is 5.82 Å². The highest BCUT2D eigenvalue weighted by Crippen LogP contribution is 2.26. The molecule has 1 aliphatic rings. The van der Waals surface area contributed by atoms with Gasteiger partial charge in [-0.25, -0.2) is 4.79 Å². The van der Waals surface area contributed by atoms with E-state index in [0.717, 1.165) is 19.4 Å². The molecule has 0 aliphatic heterocycles. The fourth-order valence-corrected chi connectivity index (χ4v) is 1.83. The number of urea groups is 1. The minimum absolute atomic E-state index is 0.0557. The van der Waals surface area contributed by atoms with Crippen molar-refractivity contribution in [3.05, 3.63) is 12.2 Å². The molecule has 1 aromatic heterocycles. The van der Waals surface area contributed by atoms with Gasteiger partial charge in [0, 0.05) is 12.6 Å². The van der Waals surface area contributed by atoms with Crippen LogP contribution in [-0.4, -0.2) is 49.4 Å². The summed E-state index contributed by atoms with van der Waals surface area (Å²) in [6.07, 6.45) is 3.33. The highest BCUT2D eigenvalue weighted by molar-refractivity contribution is 5.80. The van der Waals surface area contributed by atoms with Crippen LogP contribution in [0.3, 0.4) is 0 Å². The van der Waals surface area contributed by atoms with Gasteiger partial charge in [0.25, 0.3) is 0 Å². The van der Waals surface area contributed by atoms with Gasteiger partial charge in [0.1, 0.15) is 12.9 Å². The first-order valence-electron chi connectivity index (χ1n) is 6.24. The number of carbonyl (C=O) groups excluding carboxylic acids is 1. The Morgan fingerprint density at radius 3 is 2.89 bits per heavy atom. The largest absolute Gasteiger partial charge is 0.480 e. The van der Waals surface area contributed by atoms with Crippen molar-refractivity contribution in [2.75, 3.05) is 6.54 Å². The van der Waals surface area contributed by atoms with Crippen molar-refractivity contribution in [3.8, 4) is 0 Å². The molecular weight excluding hydrogens is 250 g/mol. The van der Waals surface area contributed by atoms with Crippen LogP contribution in [0.1, 0.15) is 25.6 Å². The van der Waals surface area contributed by atoms with Gasteiger partial charge < -0.3 is 19.9 Å². The van der Waals surface area contributed by atoms with Crippen LogP contribution in [0.25, 0.3) is 0 Å². The molecule has 104 valence electrons. The molecule has 1 heterocycles. The van der Waals surface area contributed by atoms with E-state index in [0.29, 0.717) is 5.82 Å². The summed E-state index contributed by atoms with van der Waals surface area (Å²) in [6, 6.07) is -0.310. The van der Waals surface area contributed by atoms with E-state index in [9.17, 15) is 9.59 Å². The number of aryl methyl sites for hydroxylation is 1. The second-order valence-electron chi connectivity index (χ2n) is 4.44. The van der Waals surface area contributed by atoms with E-state index in [1.54, 1.807) is 6.33 Å². The molecule has 1 aromatic rings. The third-order valence-corrected chi connectivity index (χ3v) is 2.99. The van der Waals surface area contributed by atoms with Crippen LogP contribution in [0.15, 0.2) is 6.33 Å². The van der Waals surface area contributed by atoms with E-state index in [1.165, 1.54) is 4.90 Å². The molecular formula is C11H17N5O3. The first-order valence-corrected chi connectivity index (χ1v) is 6.24. The Hall–Kier alpha value is -2.12. The summed E-state index contributed by atoms with van der Waals surface area (Å²) in [5.74, 6) is -0.347. The average Bonchev–Trinajstić information content (AvgIpc) is 3.11. The van der Waals surface area contributed by atoms with Crippen LogP contribution in [-0.2, 0) is 17.9 Å². The van der Waals surface area contributed by atoms with E-state index < -0.39 is 5.97 Å². The normalized spacial score (nSPS) is 14.2. The molecule has 2 amide bonds. The summed E-state index contributed by atoms with van der Waals surface area (Å²) in [4.78, 5) is 24.0. The van der Waals surface area contributed by atoms with Gasteiger partial charge in [-0.1, -0.05) is 0 Å². The lowest BCUT2D eigenvalue weighted by Crippen LogP contribution is -2.44. The van der Waals surface area contributed by atoms with Gasteiger partial charge in [-0.05, 0) is 19.8 Å². The maximum absolute atomic E-state index is 11.9. The molecule has 1 saturated carbocycles. The van der Waals surface area contributed by atoms with Crippen molar-refractivity contribution < 1.29 is 14.7 Å². The number of aromatic nitrogens is 3. The molecule has 0 radical (unpaired) electrons. The molecule has 0 bridgehead atoms. The lowest BCUT2D eigenvalue weighted by atomic mass is 10.4. The zero-order valence-corrected chi connectivity index (χ0v) is 10.7. The first kappa shape index (κ1) is 13.3. The fourth-order valence-electron chi connectivity index (χ4n) is 1.83. The molecule has 0 spiro atoms. The molecule has 0 unspecified atom stereocenters. The van der Waals surface area contributed by atoms with E-state index in [2.05, 4.69) is 15.5 Å². The molecule has 1 aliphatic carbocycles. The van der Waals surface area contributed by atoms with Gasteiger partial charge in [0.05, 0.1) is 6.54 Å². The SMILES string of the molecule is CCn1cnnc1CNC(=O)N(CC(=O)O)C1CC1. The van der Waals surface area contributed by atoms with Crippen molar-refractivity contribution in [1.29, 1.82) is 0 Å². The quantitative estimate of drug-likeness (QED) is 0.759. The van der Waals surface area contributed by atoms with Gasteiger partial charge in [0.2, 0.25) is 0 Å². The second-order valence-corrected chi connectivity index (χ2v) is 4.44. The maximum atomic E-state index is 11.9. The minimum atomic E-state index is -1.00. The van der Waals surface area contributed by atoms with Gasteiger partial charge in [-0.15, -0.1) is 10.2 Å². The van der Waals surface area contributed by atoms with Crippen LogP contribution in [0, 0.1) is 0 Å². The second kappa shape index (κ2) is 5.68. The number of hydrogen-bond donors (Lipinski definition) is 2. The molecule has 8 heteroatoms. The van der Waals surface area contributed by atoms with Crippen molar-refractivity contribution in [3.63, 3.8) is 0 Å². The first-order chi connectivity index (χ1) is 9.11. The minimum Gasteiger partial charge on any atom is -0.480 e. The van der Waals surface area contributed by atoms with Crippen LogP contribution >= 0.6 is 0 Å². The number of nitrogens with one attached hydrogen (secondary N) is 1. The van der Waals surface area contributed by atoms with Crippen LogP contribution in [0.5, 0.6) is 0 Å². The number of carboxylic acids is 1. The Morgan fingerprint density at radius 1 is 1.58 bits per heavy atom. The highest BCUT2D eigenvalue weighted by Gasteiger charge is 2.33. The Morgan fingerprint density at radius 2 is 2.32 bits per heavy atom. The monoisotopic (exact) mass is 267 g/mol. The topological polar surface area (TPSA) is 100 Å². The molecule has 2 N–H and O–H groups in total. The molecule has 0 atom stereocenters. The summed E-state index contributed by atoms with van der Waals surface area (Å²) in [6.45, 7) is 2.65. The number of hydrogen-bond acceptors (Lipinski definition) is 4. The number of nitrogens with zero attached hydrogens (tertiary/aromatic N) is 4. The van der Waals surface area contributed by atoms with Crippen LogP contribution < -0.4 is 5.32 Å². The van der Waals surface area contributed by atoms with E-state index in [4.69, 9.17) is 5.11 Å². The van der Waals surface area contributed by atoms with Crippen LogP contribution in [0.4, 0.5) is 4.79 Å². The van der Waals surface area contributed by atoms with Crippen molar-refractivity contribution in [1.82, 2.24) is 25.0 Å². The zero-order valence-electron chi connectivity index (χ0n) is 10.7. The highest BCUT2D eigenvalue weighted by atomic mass is 16.4. The summed E-state index contributed by atoms with van der Waals surface area (Å²) in [5, 5.41) is 19.2. The van der Waals surface area contributed by atoms with Crippen molar-refractivity contribution in [2.24, 2.45) is 0 Å². The number of amides is 2. The Bertz CT molecular complexity index is 469. The third kappa shape index (κ3) is 3.43. The molecule has 0 aromatic carbocycles. The zero-order chi connectivity index (χ0) is 13.8. The van der Waals surface area contributed by atoms with Crippen LogP contribution in [0.2, 0.25) is 0 Å². The van der Waals surface area contributed by atoms with Crippen molar-refractivity contribution in [2.45, 2.75) is 38.9 Å². The summed E-state index contributed by atoms with van der Waals surface area (Å²) in [7, 11) is 0. The number of aliphatic carboxylic acids is 1. The Kier molecular flexibility index (Phi) is 3.98. The van der Waals surface area contributed by atoms with Gasteiger partial charge in [-0.3, -0.25) is 4.79 Å². The molecule has 0 saturated heterocycles. The van der Waals surface area contributed by atoms with E-state index >= 15 is 0 Å². The third-order valence-electron chi connectivity index (χ3n) is 2.99.